The Balaban J connectivity index is -0.000000521. The van der Waals surface area contributed by atoms with Crippen LogP contribution in [0.4, 0.5) is 0 Å². The van der Waals surface area contributed by atoms with Crippen molar-refractivity contribution in [1.29, 1.82) is 0 Å². The molecular formula is C14H24N2Na4O10. The van der Waals surface area contributed by atoms with E-state index in [0.717, 1.165) is 4.90 Å². The second-order valence-corrected chi connectivity index (χ2v) is 5.17. The van der Waals surface area contributed by atoms with Crippen LogP contribution in [0, 0.1) is 0 Å². The summed E-state index contributed by atoms with van der Waals surface area (Å²) in [6.45, 7) is 1.14. The zero-order valence-corrected chi connectivity index (χ0v) is 26.5. The summed E-state index contributed by atoms with van der Waals surface area (Å²) in [5.41, 5.74) is 0. The van der Waals surface area contributed by atoms with Crippen LogP contribution in [0.15, 0.2) is 0 Å². The van der Waals surface area contributed by atoms with Gasteiger partial charge >= 0.3 is 118 Å². The van der Waals surface area contributed by atoms with Gasteiger partial charge in [0.1, 0.15) is 0 Å². The Labute approximate surface area is 264 Å². The van der Waals surface area contributed by atoms with Gasteiger partial charge in [-0.15, -0.1) is 0 Å². The normalized spacial score (nSPS) is 9.87. The van der Waals surface area contributed by atoms with Crippen LogP contribution in [-0.4, -0.2) is 101 Å². The van der Waals surface area contributed by atoms with Crippen LogP contribution >= 0.6 is 0 Å². The fourth-order valence-corrected chi connectivity index (χ4v) is 1.96. The number of carbonyl (C=O) groups excluding carboxylic acids is 2. The van der Waals surface area contributed by atoms with E-state index in [9.17, 15) is 30.3 Å². The molecule has 0 aliphatic heterocycles. The van der Waals surface area contributed by atoms with Crippen molar-refractivity contribution in [3.05, 3.63) is 0 Å². The van der Waals surface area contributed by atoms with Gasteiger partial charge < -0.3 is 49.6 Å². The largest absolute Gasteiger partial charge is 1.00 e. The van der Waals surface area contributed by atoms with Crippen LogP contribution in [0.2, 0.25) is 0 Å². The summed E-state index contributed by atoms with van der Waals surface area (Å²) < 4.78 is 10.6. The molecule has 0 aromatic rings. The molecule has 0 heterocycles. The Morgan fingerprint density at radius 2 is 0.900 bits per heavy atom. The number of aliphatic carboxylic acids is 2. The Kier molecular flexibility index (Phi) is 45.1. The van der Waals surface area contributed by atoms with Crippen molar-refractivity contribution in [3.63, 3.8) is 0 Å². The number of nitrogens with zero attached hydrogens (tertiary/aromatic N) is 2. The number of carboxylic acid groups (broad SMARTS) is 2. The third-order valence-corrected chi connectivity index (χ3v) is 3.16. The third kappa shape index (κ3) is 30.6. The Morgan fingerprint density at radius 1 is 0.567 bits per heavy atom. The van der Waals surface area contributed by atoms with Crippen molar-refractivity contribution in [2.45, 2.75) is 0 Å². The predicted octanol–water partition coefficient (Wildman–Crippen LogP) is -18.3. The van der Waals surface area contributed by atoms with Crippen molar-refractivity contribution < 1.29 is 168 Å². The van der Waals surface area contributed by atoms with Gasteiger partial charge in [0.15, 0.2) is 0 Å². The molecule has 0 aromatic carbocycles. The molecule has 0 spiro atoms. The van der Waals surface area contributed by atoms with Gasteiger partial charge in [0, 0.05) is 52.5 Å². The SMILES string of the molecule is O=C([O-])CN(CCOCCOCCN(CCO[O-])CCO[O-])CC(=O)[O-].[Na+].[Na+].[Na+].[Na+]. The number of hydrogen-bond donors (Lipinski definition) is 0. The molecule has 154 valence electrons. The molecule has 0 fully saturated rings. The molecule has 0 atom stereocenters. The minimum absolute atomic E-state index is 0. The molecule has 0 radical (unpaired) electrons. The van der Waals surface area contributed by atoms with Gasteiger partial charge in [-0.25, -0.2) is 0 Å². The number of carbonyl (C=O) groups is 2. The van der Waals surface area contributed by atoms with E-state index in [1.54, 1.807) is 4.90 Å². The number of hydrogen-bond acceptors (Lipinski definition) is 12. The maximum atomic E-state index is 10.5. The molecule has 0 saturated heterocycles. The molecule has 0 aliphatic rings. The first kappa shape index (κ1) is 42.8. The fraction of sp³-hybridized carbons (Fsp3) is 0.857. The molecule has 0 bridgehead atoms. The van der Waals surface area contributed by atoms with Crippen LogP contribution in [-0.2, 0) is 28.8 Å². The van der Waals surface area contributed by atoms with Crippen molar-refractivity contribution in [3.8, 4) is 0 Å². The Hall–Kier alpha value is 2.62. The monoisotopic (exact) mass is 472 g/mol. The van der Waals surface area contributed by atoms with Gasteiger partial charge in [0.05, 0.1) is 38.4 Å². The van der Waals surface area contributed by atoms with Crippen molar-refractivity contribution in [1.82, 2.24) is 9.80 Å². The first-order chi connectivity index (χ1) is 12.5. The first-order valence-electron chi connectivity index (χ1n) is 7.99. The fourth-order valence-electron chi connectivity index (χ4n) is 1.96. The van der Waals surface area contributed by atoms with E-state index in [-0.39, 0.29) is 158 Å². The van der Waals surface area contributed by atoms with Gasteiger partial charge in [-0.2, -0.15) is 0 Å². The Bertz CT molecular complexity index is 365. The molecular weight excluding hydrogens is 448 g/mol. The summed E-state index contributed by atoms with van der Waals surface area (Å²) >= 11 is 0. The van der Waals surface area contributed by atoms with E-state index >= 15 is 0 Å². The number of carboxylic acids is 2. The molecule has 30 heavy (non-hydrogen) atoms. The average Bonchev–Trinajstić information content (AvgIpc) is 2.57. The van der Waals surface area contributed by atoms with Gasteiger partial charge in [-0.3, -0.25) is 9.80 Å². The summed E-state index contributed by atoms with van der Waals surface area (Å²) in [6, 6.07) is 0. The molecule has 0 rings (SSSR count). The number of ether oxygens (including phenoxy) is 2. The smallest absolute Gasteiger partial charge is 0.723 e. The van der Waals surface area contributed by atoms with E-state index in [1.165, 1.54) is 0 Å². The molecule has 0 aliphatic carbocycles. The van der Waals surface area contributed by atoms with E-state index in [0.29, 0.717) is 26.2 Å². The van der Waals surface area contributed by atoms with Crippen molar-refractivity contribution in [2.24, 2.45) is 0 Å². The second kappa shape index (κ2) is 31.6. The molecule has 16 heteroatoms. The van der Waals surface area contributed by atoms with Crippen LogP contribution in [0.25, 0.3) is 0 Å². The van der Waals surface area contributed by atoms with E-state index < -0.39 is 25.0 Å². The van der Waals surface area contributed by atoms with Crippen LogP contribution in [0.3, 0.4) is 0 Å². The van der Waals surface area contributed by atoms with Gasteiger partial charge in [-0.05, 0) is 0 Å². The summed E-state index contributed by atoms with van der Waals surface area (Å²) in [4.78, 5) is 31.4. The predicted molar refractivity (Wildman–Crippen MR) is 76.4 cm³/mol. The van der Waals surface area contributed by atoms with E-state index in [2.05, 4.69) is 9.78 Å². The van der Waals surface area contributed by atoms with Crippen LogP contribution in [0.1, 0.15) is 0 Å². The zero-order valence-electron chi connectivity index (χ0n) is 18.5. The summed E-state index contributed by atoms with van der Waals surface area (Å²) in [5.74, 6) is -2.77. The number of rotatable bonds is 19. The van der Waals surface area contributed by atoms with Crippen molar-refractivity contribution in [2.75, 3.05) is 78.9 Å². The second-order valence-electron chi connectivity index (χ2n) is 5.17. The average molecular weight is 472 g/mol. The van der Waals surface area contributed by atoms with Gasteiger partial charge in [0.2, 0.25) is 0 Å². The third-order valence-electron chi connectivity index (χ3n) is 3.16. The summed E-state index contributed by atoms with van der Waals surface area (Å²) in [6.07, 6.45) is 0. The Morgan fingerprint density at radius 3 is 1.23 bits per heavy atom. The molecule has 0 amide bonds. The van der Waals surface area contributed by atoms with Crippen molar-refractivity contribution >= 4 is 11.9 Å². The molecule has 0 unspecified atom stereocenters. The maximum Gasteiger partial charge on any atom is 1.00 e. The molecule has 0 aromatic heterocycles. The van der Waals surface area contributed by atoms with Gasteiger partial charge in [0.25, 0.3) is 0 Å². The van der Waals surface area contributed by atoms with Crippen LogP contribution in [0.5, 0.6) is 0 Å². The quantitative estimate of drug-likeness (QED) is 0.0754. The summed E-state index contributed by atoms with van der Waals surface area (Å²) in [5, 5.41) is 41.0. The maximum absolute atomic E-state index is 10.5. The molecule has 0 saturated carbocycles. The van der Waals surface area contributed by atoms with Crippen LogP contribution < -0.4 is 139 Å². The van der Waals surface area contributed by atoms with E-state index in [4.69, 9.17) is 9.47 Å². The zero-order chi connectivity index (χ0) is 19.6. The first-order valence-corrected chi connectivity index (χ1v) is 7.99. The minimum Gasteiger partial charge on any atom is -0.723 e. The molecule has 12 nitrogen and oxygen atoms in total. The molecule has 0 N–H and O–H groups in total. The standard InChI is InChI=1S/C14H28N2O10.4Na/c17-13(18)11-16(12-14(19)20)2-6-24-10-9-23-5-1-15(3-7-25-21)4-8-26-22;;;;/h21-22H,1-12H2,(H,17,18)(H,19,20);;;;/q;4*+1/p-4. The summed E-state index contributed by atoms with van der Waals surface area (Å²) in [7, 11) is 0. The van der Waals surface area contributed by atoms with E-state index in [1.807, 2.05) is 0 Å². The minimum atomic E-state index is -1.39. The topological polar surface area (TPSA) is 170 Å². The van der Waals surface area contributed by atoms with Gasteiger partial charge in [-0.1, -0.05) is 0 Å².